The maximum Gasteiger partial charge on any atom is 0.416 e. The normalized spacial score (nSPS) is 12.8. The number of aliphatic hydroxyl groups is 1. The number of alkyl halides is 5. The maximum absolute atomic E-state index is 13.0. The number of hydrogen-bond donors (Lipinski definition) is 2. The molecule has 0 radical (unpaired) electrons. The summed E-state index contributed by atoms with van der Waals surface area (Å²) >= 11 is 0. The van der Waals surface area contributed by atoms with Gasteiger partial charge >= 0.3 is 6.18 Å². The first-order valence-electron chi connectivity index (χ1n) is 5.20. The van der Waals surface area contributed by atoms with Crippen LogP contribution in [-0.2, 0) is 12.7 Å². The molecule has 0 aliphatic rings. The summed E-state index contributed by atoms with van der Waals surface area (Å²) in [5.41, 5.74) is -1.29. The quantitative estimate of drug-likeness (QED) is 0.816. The Kier molecular flexibility index (Phi) is 4.81. The van der Waals surface area contributed by atoms with Gasteiger partial charge in [-0.1, -0.05) is 0 Å². The second-order valence-electron chi connectivity index (χ2n) is 3.96. The van der Waals surface area contributed by atoms with Crippen LogP contribution in [0.5, 0.6) is 0 Å². The van der Waals surface area contributed by atoms with E-state index in [1.807, 2.05) is 0 Å². The van der Waals surface area contributed by atoms with Gasteiger partial charge in [0.15, 0.2) is 0 Å². The van der Waals surface area contributed by atoms with Crippen molar-refractivity contribution in [2.24, 2.45) is 0 Å². The lowest BCUT2D eigenvalue weighted by Crippen LogP contribution is -2.35. The van der Waals surface area contributed by atoms with Crippen LogP contribution in [0.3, 0.4) is 0 Å². The molecule has 0 amide bonds. The molecule has 1 aromatic rings. The van der Waals surface area contributed by atoms with E-state index in [9.17, 15) is 26.3 Å². The van der Waals surface area contributed by atoms with Crippen LogP contribution in [-0.4, -0.2) is 24.2 Å². The molecular weight excluding hydrogens is 276 g/mol. The lowest BCUT2D eigenvalue weighted by atomic mass is 10.1. The molecule has 2 nitrogen and oxygen atoms in total. The second kappa shape index (κ2) is 5.79. The third kappa shape index (κ3) is 5.07. The van der Waals surface area contributed by atoms with E-state index in [-0.39, 0.29) is 12.1 Å². The Morgan fingerprint density at radius 3 is 2.21 bits per heavy atom. The summed E-state index contributed by atoms with van der Waals surface area (Å²) in [6.45, 7) is -2.66. The van der Waals surface area contributed by atoms with Crippen molar-refractivity contribution < 1.29 is 31.4 Å². The minimum atomic E-state index is -4.70. The molecule has 108 valence electrons. The van der Waals surface area contributed by atoms with Crippen LogP contribution in [0.2, 0.25) is 0 Å². The Morgan fingerprint density at radius 1 is 1.05 bits per heavy atom. The minimum Gasteiger partial charge on any atom is -0.390 e. The monoisotopic (exact) mass is 287 g/mol. The highest BCUT2D eigenvalue weighted by Crippen LogP contribution is 2.30. The van der Waals surface area contributed by atoms with Gasteiger partial charge in [-0.15, -0.1) is 0 Å². The standard InChI is InChI=1S/C11H11F6NO/c12-9-2-7(1-8(3-9)11(15,16)17)4-18-5-10(13,14)6-19/h1-3,18-19H,4-6H2. The van der Waals surface area contributed by atoms with Crippen LogP contribution in [0.15, 0.2) is 18.2 Å². The van der Waals surface area contributed by atoms with Crippen LogP contribution in [0, 0.1) is 5.82 Å². The van der Waals surface area contributed by atoms with Crippen molar-refractivity contribution in [1.82, 2.24) is 5.32 Å². The summed E-state index contributed by atoms with van der Waals surface area (Å²) in [5, 5.41) is 10.4. The van der Waals surface area contributed by atoms with Crippen LogP contribution in [0.1, 0.15) is 11.1 Å². The molecule has 0 aromatic heterocycles. The van der Waals surface area contributed by atoms with E-state index >= 15 is 0 Å². The third-order valence-corrected chi connectivity index (χ3v) is 2.23. The fourth-order valence-corrected chi connectivity index (χ4v) is 1.36. The highest BCUT2D eigenvalue weighted by atomic mass is 19.4. The largest absolute Gasteiger partial charge is 0.416 e. The van der Waals surface area contributed by atoms with Gasteiger partial charge < -0.3 is 10.4 Å². The van der Waals surface area contributed by atoms with Crippen LogP contribution in [0.4, 0.5) is 26.3 Å². The van der Waals surface area contributed by atoms with Crippen molar-refractivity contribution >= 4 is 0 Å². The highest BCUT2D eigenvalue weighted by molar-refractivity contribution is 5.26. The summed E-state index contributed by atoms with van der Waals surface area (Å²) in [4.78, 5) is 0. The molecular formula is C11H11F6NO. The molecule has 19 heavy (non-hydrogen) atoms. The van der Waals surface area contributed by atoms with Gasteiger partial charge in [-0.05, 0) is 23.8 Å². The summed E-state index contributed by atoms with van der Waals surface area (Å²) in [6, 6.07) is 1.82. The first-order chi connectivity index (χ1) is 8.64. The SMILES string of the molecule is OCC(F)(F)CNCc1cc(F)cc(C(F)(F)F)c1. The fraction of sp³-hybridized carbons (Fsp3) is 0.455. The van der Waals surface area contributed by atoms with Gasteiger partial charge in [0, 0.05) is 6.54 Å². The lowest BCUT2D eigenvalue weighted by molar-refractivity contribution is -0.137. The summed E-state index contributed by atoms with van der Waals surface area (Å²) in [7, 11) is 0. The number of nitrogens with one attached hydrogen (secondary N) is 1. The zero-order chi connectivity index (χ0) is 14.7. The first kappa shape index (κ1) is 15.8. The van der Waals surface area contributed by atoms with Gasteiger partial charge in [0.1, 0.15) is 12.4 Å². The number of hydrogen-bond acceptors (Lipinski definition) is 2. The average molecular weight is 287 g/mol. The fourth-order valence-electron chi connectivity index (χ4n) is 1.36. The molecule has 2 N–H and O–H groups in total. The van der Waals surface area contributed by atoms with Gasteiger partial charge in [-0.25, -0.2) is 13.2 Å². The number of rotatable bonds is 5. The van der Waals surface area contributed by atoms with E-state index in [0.717, 1.165) is 6.07 Å². The molecule has 0 spiro atoms. The molecule has 0 bridgehead atoms. The number of benzene rings is 1. The molecule has 0 fully saturated rings. The predicted molar refractivity (Wildman–Crippen MR) is 55.1 cm³/mol. The van der Waals surface area contributed by atoms with Gasteiger partial charge in [0.05, 0.1) is 12.1 Å². The van der Waals surface area contributed by atoms with Crippen LogP contribution < -0.4 is 5.32 Å². The summed E-state index contributed by atoms with van der Waals surface area (Å²) in [5.74, 6) is -4.47. The van der Waals surface area contributed by atoms with Crippen molar-refractivity contribution in [1.29, 1.82) is 0 Å². The Labute approximate surface area is 105 Å². The maximum atomic E-state index is 13.0. The van der Waals surface area contributed by atoms with Crippen LogP contribution in [0.25, 0.3) is 0 Å². The molecule has 0 aliphatic carbocycles. The van der Waals surface area contributed by atoms with Gasteiger partial charge in [-0.2, -0.15) is 13.2 Å². The topological polar surface area (TPSA) is 32.3 Å². The van der Waals surface area contributed by atoms with E-state index in [1.54, 1.807) is 0 Å². The van der Waals surface area contributed by atoms with Gasteiger partial charge in [-0.3, -0.25) is 0 Å². The van der Waals surface area contributed by atoms with E-state index in [0.29, 0.717) is 12.1 Å². The van der Waals surface area contributed by atoms with Crippen molar-refractivity contribution in [2.75, 3.05) is 13.2 Å². The number of halogens is 6. The highest BCUT2D eigenvalue weighted by Gasteiger charge is 2.31. The molecule has 0 saturated carbocycles. The molecule has 0 atom stereocenters. The predicted octanol–water partition coefficient (Wildman–Crippen LogP) is 2.56. The van der Waals surface area contributed by atoms with Crippen molar-refractivity contribution in [3.8, 4) is 0 Å². The summed E-state index contributed by atoms with van der Waals surface area (Å²) in [6.07, 6.45) is -4.70. The molecule has 0 aliphatic heterocycles. The zero-order valence-corrected chi connectivity index (χ0v) is 9.57. The Balaban J connectivity index is 2.72. The molecule has 1 aromatic carbocycles. The van der Waals surface area contributed by atoms with E-state index in [2.05, 4.69) is 5.32 Å². The first-order valence-corrected chi connectivity index (χ1v) is 5.20. The van der Waals surface area contributed by atoms with Gasteiger partial charge in [0.25, 0.3) is 5.92 Å². The Morgan fingerprint density at radius 2 is 1.68 bits per heavy atom. The van der Waals surface area contributed by atoms with Crippen molar-refractivity contribution in [3.05, 3.63) is 35.1 Å². The summed E-state index contributed by atoms with van der Waals surface area (Å²) < 4.78 is 75.4. The molecule has 0 unspecified atom stereocenters. The molecule has 0 heterocycles. The van der Waals surface area contributed by atoms with Crippen LogP contribution >= 0.6 is 0 Å². The molecule has 0 saturated heterocycles. The van der Waals surface area contributed by atoms with E-state index in [4.69, 9.17) is 5.11 Å². The van der Waals surface area contributed by atoms with E-state index in [1.165, 1.54) is 0 Å². The smallest absolute Gasteiger partial charge is 0.390 e. The Bertz CT molecular complexity index is 432. The lowest BCUT2D eigenvalue weighted by Gasteiger charge is -2.14. The number of aliphatic hydroxyl groups excluding tert-OH is 1. The molecule has 1 rings (SSSR count). The third-order valence-electron chi connectivity index (χ3n) is 2.23. The van der Waals surface area contributed by atoms with Crippen molar-refractivity contribution in [2.45, 2.75) is 18.6 Å². The Hall–Kier alpha value is -1.28. The second-order valence-corrected chi connectivity index (χ2v) is 3.96. The average Bonchev–Trinajstić information content (AvgIpc) is 2.27. The zero-order valence-electron chi connectivity index (χ0n) is 9.57. The van der Waals surface area contributed by atoms with E-state index < -0.39 is 36.6 Å². The minimum absolute atomic E-state index is 0.110. The van der Waals surface area contributed by atoms with Gasteiger partial charge in [0.2, 0.25) is 0 Å². The molecule has 8 heteroatoms. The van der Waals surface area contributed by atoms with Crippen molar-refractivity contribution in [3.63, 3.8) is 0 Å².